The Balaban J connectivity index is 3.30. The van der Waals surface area contributed by atoms with Gasteiger partial charge in [-0.1, -0.05) is 36.6 Å². The average Bonchev–Trinajstić information content (AvgIpc) is 1.90. The smallest absolute Gasteiger partial charge is 0.0273 e. The van der Waals surface area contributed by atoms with Crippen molar-refractivity contribution >= 4 is 37.4 Å². The lowest BCUT2D eigenvalue weighted by atomic mass is 11.8. The van der Waals surface area contributed by atoms with Gasteiger partial charge in [0.05, 0.1) is 0 Å². The van der Waals surface area contributed by atoms with Crippen molar-refractivity contribution in [2.75, 3.05) is 0 Å². The van der Waals surface area contributed by atoms with E-state index in [2.05, 4.69) is 19.6 Å². The highest BCUT2D eigenvalue weighted by molar-refractivity contribution is 6.81. The van der Waals surface area contributed by atoms with E-state index in [1.165, 1.54) is 0 Å². The van der Waals surface area contributed by atoms with Crippen LogP contribution in [-0.2, 0) is 0 Å². The maximum Gasteiger partial charge on any atom is 0.0273 e. The van der Waals surface area contributed by atoms with E-state index in [0.717, 1.165) is 0 Å². The molecule has 0 aliphatic rings. The first-order valence-corrected chi connectivity index (χ1v) is 14.5. The lowest BCUT2D eigenvalue weighted by Gasteiger charge is -2.10. The van der Waals surface area contributed by atoms with E-state index in [-0.39, 0.29) is 8.80 Å². The number of rotatable bonds is 6. The van der Waals surface area contributed by atoms with Crippen molar-refractivity contribution in [3.05, 3.63) is 0 Å². The molecule has 0 fully saturated rings. The van der Waals surface area contributed by atoms with Crippen molar-refractivity contribution in [3.63, 3.8) is 0 Å². The highest BCUT2D eigenvalue weighted by atomic mass is 28.4. The van der Waals surface area contributed by atoms with Gasteiger partial charge in [0, 0.05) is 37.4 Å². The molecular weight excluding hydrogens is 184 g/mol. The molecule has 0 aliphatic carbocycles. The van der Waals surface area contributed by atoms with Crippen LogP contribution < -0.4 is 0 Å². The van der Waals surface area contributed by atoms with E-state index in [1.807, 2.05) is 0 Å². The molecule has 0 radical (unpaired) electrons. The van der Waals surface area contributed by atoms with Crippen LogP contribution in [0.4, 0.5) is 0 Å². The van der Waals surface area contributed by atoms with Crippen LogP contribution in [0.1, 0.15) is 0 Å². The molecule has 0 bridgehead atoms. The minimum absolute atomic E-state index is 0.0486. The van der Waals surface area contributed by atoms with E-state index in [4.69, 9.17) is 0 Å². The molecular formula is C6H22Si4. The zero-order valence-electron chi connectivity index (χ0n) is 7.82. The molecule has 0 heterocycles. The SMILES string of the molecule is C[SiH2]C[SiH](C[SiH2]C)C[SiH2]C. The molecule has 0 aromatic rings. The summed E-state index contributed by atoms with van der Waals surface area (Å²) < 4.78 is 0. The summed E-state index contributed by atoms with van der Waals surface area (Å²) in [7, 11) is 1.25. The Morgan fingerprint density at radius 1 is 0.800 bits per heavy atom. The third kappa shape index (κ3) is 5.64. The minimum atomic E-state index is -0.0486. The van der Waals surface area contributed by atoms with Crippen molar-refractivity contribution in [2.24, 2.45) is 0 Å². The lowest BCUT2D eigenvalue weighted by Crippen LogP contribution is -2.18. The van der Waals surface area contributed by atoms with E-state index < -0.39 is 0 Å². The van der Waals surface area contributed by atoms with E-state index in [9.17, 15) is 0 Å². The summed E-state index contributed by atoms with van der Waals surface area (Å²) in [5, 5.41) is 0. The molecule has 10 heavy (non-hydrogen) atoms. The monoisotopic (exact) mass is 206 g/mol. The Morgan fingerprint density at radius 2 is 1.10 bits per heavy atom. The molecule has 0 saturated carbocycles. The van der Waals surface area contributed by atoms with Crippen molar-refractivity contribution in [1.29, 1.82) is 0 Å². The van der Waals surface area contributed by atoms with Crippen LogP contribution in [0, 0.1) is 0 Å². The lowest BCUT2D eigenvalue weighted by molar-refractivity contribution is 1.65. The largest absolute Gasteiger partial charge is 0.0750 e. The van der Waals surface area contributed by atoms with Gasteiger partial charge in [-0.25, -0.2) is 0 Å². The third-order valence-electron chi connectivity index (χ3n) is 2.09. The molecule has 0 nitrogen and oxygen atoms in total. The Kier molecular flexibility index (Phi) is 8.66. The summed E-state index contributed by atoms with van der Waals surface area (Å²) >= 11 is 0. The van der Waals surface area contributed by atoms with Crippen molar-refractivity contribution < 1.29 is 0 Å². The van der Waals surface area contributed by atoms with Gasteiger partial charge in [0.15, 0.2) is 0 Å². The molecule has 62 valence electrons. The molecule has 0 atom stereocenters. The molecule has 0 aromatic heterocycles. The van der Waals surface area contributed by atoms with Crippen LogP contribution >= 0.6 is 0 Å². The van der Waals surface area contributed by atoms with Crippen LogP contribution in [0.25, 0.3) is 0 Å². The fourth-order valence-corrected chi connectivity index (χ4v) is 22.7. The second-order valence-electron chi connectivity index (χ2n) is 3.23. The Hall–Kier alpha value is 0.868. The van der Waals surface area contributed by atoms with Gasteiger partial charge in [-0.3, -0.25) is 0 Å². The Labute approximate surface area is 74.3 Å². The zero-order valence-corrected chi connectivity index (χ0v) is 13.2. The average molecular weight is 207 g/mol. The first kappa shape index (κ1) is 10.9. The maximum absolute atomic E-state index is 2.49. The minimum Gasteiger partial charge on any atom is -0.0750 e. The van der Waals surface area contributed by atoms with Gasteiger partial charge in [0.25, 0.3) is 0 Å². The molecule has 0 rings (SSSR count). The Morgan fingerprint density at radius 3 is 1.30 bits per heavy atom. The molecule has 4 heteroatoms. The van der Waals surface area contributed by atoms with Gasteiger partial charge in [0.1, 0.15) is 0 Å². The van der Waals surface area contributed by atoms with Gasteiger partial charge in [-0.15, -0.1) is 0 Å². The van der Waals surface area contributed by atoms with Gasteiger partial charge in [-0.05, 0) is 0 Å². The predicted octanol–water partition coefficient (Wildman–Crippen LogP) is -0.263. The molecule has 0 amide bonds. The van der Waals surface area contributed by atoms with Gasteiger partial charge >= 0.3 is 0 Å². The number of hydrogen-bond donors (Lipinski definition) is 0. The molecule has 0 unspecified atom stereocenters. The molecule has 0 aliphatic heterocycles. The predicted molar refractivity (Wildman–Crippen MR) is 64.8 cm³/mol. The molecule has 0 spiro atoms. The van der Waals surface area contributed by atoms with Crippen LogP contribution in [0.2, 0.25) is 36.6 Å². The quantitative estimate of drug-likeness (QED) is 0.526. The zero-order chi connectivity index (χ0) is 7.82. The topological polar surface area (TPSA) is 0 Å². The standard InChI is InChI=1S/C6H22Si4/c1-7-4-10(5-8-2)6-9-3/h10H,4-9H2,1-3H3. The summed E-state index contributed by atoms with van der Waals surface area (Å²) in [6.07, 6.45) is 0. The van der Waals surface area contributed by atoms with Crippen molar-refractivity contribution in [1.82, 2.24) is 0 Å². The first-order valence-electron chi connectivity index (χ1n) is 4.85. The summed E-state index contributed by atoms with van der Waals surface area (Å²) in [6.45, 7) is 7.48. The fraction of sp³-hybridized carbons (Fsp3) is 1.00. The summed E-state index contributed by atoms with van der Waals surface area (Å²) in [5.74, 6) is 0. The van der Waals surface area contributed by atoms with Crippen LogP contribution in [0.3, 0.4) is 0 Å². The highest BCUT2D eigenvalue weighted by Gasteiger charge is 2.06. The normalized spacial score (nSPS) is 17.1. The van der Waals surface area contributed by atoms with E-state index >= 15 is 0 Å². The van der Waals surface area contributed by atoms with Crippen LogP contribution in [0.15, 0.2) is 0 Å². The second kappa shape index (κ2) is 7.97. The molecule has 0 aromatic carbocycles. The number of hydrogen-bond acceptors (Lipinski definition) is 0. The van der Waals surface area contributed by atoms with Gasteiger partial charge in [-0.2, -0.15) is 0 Å². The third-order valence-corrected chi connectivity index (χ3v) is 18.8. The fourth-order valence-electron chi connectivity index (χ4n) is 1.66. The highest BCUT2D eigenvalue weighted by Crippen LogP contribution is 2.02. The summed E-state index contributed by atoms with van der Waals surface area (Å²) in [5.41, 5.74) is 5.38. The van der Waals surface area contributed by atoms with Crippen LogP contribution in [0.5, 0.6) is 0 Å². The van der Waals surface area contributed by atoms with Gasteiger partial charge < -0.3 is 0 Å². The molecule has 0 N–H and O–H groups in total. The molecule has 0 saturated heterocycles. The maximum atomic E-state index is 2.49. The van der Waals surface area contributed by atoms with E-state index in [0.29, 0.717) is 28.6 Å². The van der Waals surface area contributed by atoms with Gasteiger partial charge in [0.2, 0.25) is 0 Å². The summed E-state index contributed by atoms with van der Waals surface area (Å²) in [6, 6.07) is 0. The van der Waals surface area contributed by atoms with Crippen molar-refractivity contribution in [3.8, 4) is 0 Å². The van der Waals surface area contributed by atoms with Crippen molar-refractivity contribution in [2.45, 2.75) is 36.6 Å². The first-order chi connectivity index (χ1) is 4.85. The second-order valence-corrected chi connectivity index (χ2v) is 14.9. The van der Waals surface area contributed by atoms with Crippen LogP contribution in [-0.4, -0.2) is 37.4 Å². The Bertz CT molecular complexity index is 52.5. The summed E-state index contributed by atoms with van der Waals surface area (Å²) in [4.78, 5) is 0. The van der Waals surface area contributed by atoms with E-state index in [1.54, 1.807) is 17.0 Å².